The molecule has 0 saturated heterocycles. The Kier molecular flexibility index (Phi) is 4.40. The van der Waals surface area contributed by atoms with Gasteiger partial charge in [-0.2, -0.15) is 0 Å². The summed E-state index contributed by atoms with van der Waals surface area (Å²) in [5.74, 6) is 0.801. The molecule has 0 fully saturated rings. The van der Waals surface area contributed by atoms with Crippen LogP contribution in [0.2, 0.25) is 5.02 Å². The van der Waals surface area contributed by atoms with Gasteiger partial charge in [0.05, 0.1) is 0 Å². The van der Waals surface area contributed by atoms with E-state index >= 15 is 0 Å². The van der Waals surface area contributed by atoms with Crippen LogP contribution >= 0.6 is 11.6 Å². The van der Waals surface area contributed by atoms with Gasteiger partial charge in [-0.25, -0.2) is 4.39 Å². The minimum Gasteiger partial charge on any atom is -0.457 e. The van der Waals surface area contributed by atoms with Gasteiger partial charge in [0.2, 0.25) is 0 Å². The highest BCUT2D eigenvalue weighted by atomic mass is 35.5. The SMILES string of the molecule is Cc1ccc(Cl)cc1Oc1cccc(F)c1CCN. The van der Waals surface area contributed by atoms with E-state index in [1.54, 1.807) is 24.3 Å². The highest BCUT2D eigenvalue weighted by Crippen LogP contribution is 2.31. The number of ether oxygens (including phenoxy) is 1. The van der Waals surface area contributed by atoms with E-state index in [0.29, 0.717) is 35.1 Å². The third-order valence-corrected chi connectivity index (χ3v) is 3.08. The van der Waals surface area contributed by atoms with Crippen molar-refractivity contribution in [3.8, 4) is 11.5 Å². The van der Waals surface area contributed by atoms with Crippen LogP contribution in [0, 0.1) is 12.7 Å². The van der Waals surface area contributed by atoms with Crippen molar-refractivity contribution in [1.29, 1.82) is 0 Å². The zero-order valence-corrected chi connectivity index (χ0v) is 11.4. The van der Waals surface area contributed by atoms with Crippen molar-refractivity contribution in [3.05, 3.63) is 58.4 Å². The zero-order chi connectivity index (χ0) is 13.8. The highest BCUT2D eigenvalue weighted by molar-refractivity contribution is 6.30. The largest absolute Gasteiger partial charge is 0.457 e. The van der Waals surface area contributed by atoms with E-state index in [1.807, 2.05) is 13.0 Å². The van der Waals surface area contributed by atoms with Gasteiger partial charge in [0.25, 0.3) is 0 Å². The van der Waals surface area contributed by atoms with Crippen LogP contribution in [0.25, 0.3) is 0 Å². The first-order chi connectivity index (χ1) is 9.11. The molecule has 0 aliphatic carbocycles. The molecule has 0 radical (unpaired) electrons. The molecule has 100 valence electrons. The van der Waals surface area contributed by atoms with E-state index in [4.69, 9.17) is 22.1 Å². The lowest BCUT2D eigenvalue weighted by atomic mass is 10.1. The molecule has 4 heteroatoms. The average molecular weight is 280 g/mol. The fourth-order valence-electron chi connectivity index (χ4n) is 1.82. The Bertz CT molecular complexity index is 586. The minimum atomic E-state index is -0.303. The van der Waals surface area contributed by atoms with Gasteiger partial charge < -0.3 is 10.5 Å². The lowest BCUT2D eigenvalue weighted by molar-refractivity contribution is 0.464. The Labute approximate surface area is 117 Å². The average Bonchev–Trinajstić information content (AvgIpc) is 2.38. The fraction of sp³-hybridized carbons (Fsp3) is 0.200. The topological polar surface area (TPSA) is 35.2 Å². The molecule has 0 heterocycles. The highest BCUT2D eigenvalue weighted by Gasteiger charge is 2.11. The quantitative estimate of drug-likeness (QED) is 0.915. The van der Waals surface area contributed by atoms with Crippen LogP contribution in [0.15, 0.2) is 36.4 Å². The van der Waals surface area contributed by atoms with Gasteiger partial charge in [0, 0.05) is 10.6 Å². The van der Waals surface area contributed by atoms with E-state index in [1.165, 1.54) is 6.07 Å². The molecular formula is C15H15ClFNO. The number of nitrogens with two attached hydrogens (primary N) is 1. The molecule has 0 unspecified atom stereocenters. The third kappa shape index (κ3) is 3.25. The molecule has 0 aromatic heterocycles. The van der Waals surface area contributed by atoms with E-state index in [-0.39, 0.29) is 5.82 Å². The summed E-state index contributed by atoms with van der Waals surface area (Å²) in [5, 5.41) is 0.581. The Morgan fingerprint density at radius 1 is 1.21 bits per heavy atom. The summed E-state index contributed by atoms with van der Waals surface area (Å²) in [6.07, 6.45) is 0.432. The summed E-state index contributed by atoms with van der Waals surface area (Å²) >= 11 is 5.94. The number of benzene rings is 2. The molecule has 0 atom stereocenters. The monoisotopic (exact) mass is 279 g/mol. The second-order valence-corrected chi connectivity index (χ2v) is 4.70. The number of aryl methyl sites for hydroxylation is 1. The van der Waals surface area contributed by atoms with Gasteiger partial charge in [-0.1, -0.05) is 23.7 Å². The minimum absolute atomic E-state index is 0.303. The number of halogens is 2. The first kappa shape index (κ1) is 13.8. The first-order valence-corrected chi connectivity index (χ1v) is 6.41. The molecule has 2 nitrogen and oxygen atoms in total. The predicted molar refractivity (Wildman–Crippen MR) is 75.4 cm³/mol. The summed E-state index contributed by atoms with van der Waals surface area (Å²) < 4.78 is 19.5. The number of hydrogen-bond donors (Lipinski definition) is 1. The van der Waals surface area contributed by atoms with Gasteiger partial charge >= 0.3 is 0 Å². The van der Waals surface area contributed by atoms with Crippen LogP contribution in [0.1, 0.15) is 11.1 Å². The Balaban J connectivity index is 2.37. The van der Waals surface area contributed by atoms with Crippen LogP contribution < -0.4 is 10.5 Å². The molecule has 19 heavy (non-hydrogen) atoms. The van der Waals surface area contributed by atoms with Crippen molar-refractivity contribution < 1.29 is 9.13 Å². The predicted octanol–water partition coefficient (Wildman–Crippen LogP) is 4.08. The van der Waals surface area contributed by atoms with E-state index in [0.717, 1.165) is 5.56 Å². The maximum atomic E-state index is 13.8. The molecule has 2 N–H and O–H groups in total. The van der Waals surface area contributed by atoms with Gasteiger partial charge in [-0.15, -0.1) is 0 Å². The van der Waals surface area contributed by atoms with Crippen molar-refractivity contribution >= 4 is 11.6 Å². The Morgan fingerprint density at radius 3 is 2.74 bits per heavy atom. The summed E-state index contributed by atoms with van der Waals surface area (Å²) in [4.78, 5) is 0. The fourth-order valence-corrected chi connectivity index (χ4v) is 1.99. The lowest BCUT2D eigenvalue weighted by Gasteiger charge is -2.13. The van der Waals surface area contributed by atoms with Crippen LogP contribution in [-0.2, 0) is 6.42 Å². The maximum Gasteiger partial charge on any atom is 0.133 e. The zero-order valence-electron chi connectivity index (χ0n) is 10.6. The second kappa shape index (κ2) is 6.04. The van der Waals surface area contributed by atoms with E-state index < -0.39 is 0 Å². The molecular weight excluding hydrogens is 265 g/mol. The van der Waals surface area contributed by atoms with Gasteiger partial charge in [-0.05, 0) is 49.7 Å². The summed E-state index contributed by atoms with van der Waals surface area (Å²) in [5.41, 5.74) is 6.93. The number of rotatable bonds is 4. The molecule has 0 aliphatic heterocycles. The molecule has 0 saturated carbocycles. The molecule has 2 aromatic carbocycles. The molecule has 0 spiro atoms. The number of hydrogen-bond acceptors (Lipinski definition) is 2. The van der Waals surface area contributed by atoms with Crippen molar-refractivity contribution in [2.75, 3.05) is 6.54 Å². The second-order valence-electron chi connectivity index (χ2n) is 4.27. The maximum absolute atomic E-state index is 13.8. The van der Waals surface area contributed by atoms with Crippen LogP contribution in [0.4, 0.5) is 4.39 Å². The molecule has 2 rings (SSSR count). The van der Waals surface area contributed by atoms with Crippen LogP contribution in [0.3, 0.4) is 0 Å². The normalized spacial score (nSPS) is 10.5. The van der Waals surface area contributed by atoms with Crippen LogP contribution in [0.5, 0.6) is 11.5 Å². The summed E-state index contributed by atoms with van der Waals surface area (Å²) in [6.45, 7) is 2.28. The third-order valence-electron chi connectivity index (χ3n) is 2.84. The Morgan fingerprint density at radius 2 is 2.00 bits per heavy atom. The van der Waals surface area contributed by atoms with Crippen molar-refractivity contribution in [1.82, 2.24) is 0 Å². The van der Waals surface area contributed by atoms with Gasteiger partial charge in [0.1, 0.15) is 17.3 Å². The van der Waals surface area contributed by atoms with E-state index in [9.17, 15) is 4.39 Å². The van der Waals surface area contributed by atoms with Gasteiger partial charge in [-0.3, -0.25) is 0 Å². The molecule has 0 bridgehead atoms. The van der Waals surface area contributed by atoms with E-state index in [2.05, 4.69) is 0 Å². The van der Waals surface area contributed by atoms with Gasteiger partial charge in [0.15, 0.2) is 0 Å². The summed E-state index contributed by atoms with van der Waals surface area (Å²) in [7, 11) is 0. The first-order valence-electron chi connectivity index (χ1n) is 6.03. The van der Waals surface area contributed by atoms with Crippen LogP contribution in [-0.4, -0.2) is 6.54 Å². The van der Waals surface area contributed by atoms with Crippen molar-refractivity contribution in [3.63, 3.8) is 0 Å². The van der Waals surface area contributed by atoms with Crippen molar-refractivity contribution in [2.45, 2.75) is 13.3 Å². The standard InChI is InChI=1S/C15H15ClFNO/c1-10-5-6-11(16)9-15(10)19-14-4-2-3-13(17)12(14)7-8-18/h2-6,9H,7-8,18H2,1H3. The lowest BCUT2D eigenvalue weighted by Crippen LogP contribution is -2.06. The molecule has 0 amide bonds. The molecule has 0 aliphatic rings. The summed E-state index contributed by atoms with van der Waals surface area (Å²) in [6, 6.07) is 10.1. The van der Waals surface area contributed by atoms with Crippen molar-refractivity contribution in [2.24, 2.45) is 5.73 Å². The Hall–Kier alpha value is -1.58. The molecule has 2 aromatic rings. The smallest absolute Gasteiger partial charge is 0.133 e.